The second-order valence-electron chi connectivity index (χ2n) is 6.40. The first kappa shape index (κ1) is 19.3. The van der Waals surface area contributed by atoms with Gasteiger partial charge in [0, 0.05) is 11.6 Å². The van der Waals surface area contributed by atoms with E-state index in [2.05, 4.69) is 4.74 Å². The number of fused-ring (bicyclic) bond motifs is 1. The van der Waals surface area contributed by atoms with Gasteiger partial charge in [0.2, 0.25) is 0 Å². The van der Waals surface area contributed by atoms with Crippen LogP contribution in [0.1, 0.15) is 34.3 Å². The Labute approximate surface area is 161 Å². The zero-order valence-electron chi connectivity index (χ0n) is 15.6. The molecule has 0 aliphatic carbocycles. The van der Waals surface area contributed by atoms with E-state index >= 15 is 0 Å². The van der Waals surface area contributed by atoms with Crippen molar-refractivity contribution in [1.82, 2.24) is 0 Å². The third kappa shape index (κ3) is 3.51. The summed E-state index contributed by atoms with van der Waals surface area (Å²) < 4.78 is 15.4. The third-order valence-electron chi connectivity index (χ3n) is 4.63. The van der Waals surface area contributed by atoms with Crippen molar-refractivity contribution in [1.29, 1.82) is 0 Å². The molecule has 1 aliphatic heterocycles. The topological polar surface area (TPSA) is 102 Å². The van der Waals surface area contributed by atoms with Gasteiger partial charge >= 0.3 is 11.9 Å². The second kappa shape index (κ2) is 7.64. The van der Waals surface area contributed by atoms with Crippen LogP contribution in [0.4, 0.5) is 0 Å². The monoisotopic (exact) mass is 384 g/mol. The molecule has 0 saturated carbocycles. The maximum absolute atomic E-state index is 12.5. The number of esters is 2. The lowest BCUT2D eigenvalue weighted by atomic mass is 9.89. The normalized spacial score (nSPS) is 17.8. The van der Waals surface area contributed by atoms with Crippen LogP contribution in [-0.2, 0) is 19.1 Å². The molecule has 0 amide bonds. The number of rotatable bonds is 4. The summed E-state index contributed by atoms with van der Waals surface area (Å²) in [7, 11) is 2.53. The Kier molecular flexibility index (Phi) is 5.26. The van der Waals surface area contributed by atoms with Crippen LogP contribution in [0.15, 0.2) is 36.4 Å². The van der Waals surface area contributed by atoms with Crippen LogP contribution in [0, 0.1) is 6.92 Å². The molecule has 7 nitrogen and oxygen atoms in total. The predicted molar refractivity (Wildman–Crippen MR) is 100 cm³/mol. The molecule has 7 heteroatoms. The maximum atomic E-state index is 12.5. The smallest absolute Gasteiger partial charge is 0.330 e. The van der Waals surface area contributed by atoms with Crippen molar-refractivity contribution in [3.8, 4) is 17.2 Å². The number of aromatic hydroxyl groups is 2. The van der Waals surface area contributed by atoms with E-state index in [0.717, 1.165) is 0 Å². The summed E-state index contributed by atoms with van der Waals surface area (Å²) in [5, 5.41) is 20.4. The lowest BCUT2D eigenvalue weighted by Crippen LogP contribution is -2.20. The highest BCUT2D eigenvalue weighted by Crippen LogP contribution is 2.51. The Morgan fingerprint density at radius 2 is 1.82 bits per heavy atom. The fraction of sp³-hybridized carbons (Fsp3) is 0.238. The Bertz CT molecular complexity index is 961. The Hall–Kier alpha value is -3.48. The molecule has 1 heterocycles. The zero-order valence-corrected chi connectivity index (χ0v) is 15.6. The Balaban J connectivity index is 2.07. The van der Waals surface area contributed by atoms with Crippen LogP contribution < -0.4 is 4.74 Å². The minimum atomic E-state index is -0.848. The molecule has 3 rings (SSSR count). The van der Waals surface area contributed by atoms with Gasteiger partial charge in [-0.3, -0.25) is 4.79 Å². The number of benzene rings is 2. The highest BCUT2D eigenvalue weighted by Gasteiger charge is 2.43. The van der Waals surface area contributed by atoms with Crippen LogP contribution in [0.2, 0.25) is 0 Å². The van der Waals surface area contributed by atoms with Crippen molar-refractivity contribution in [2.75, 3.05) is 14.2 Å². The summed E-state index contributed by atoms with van der Waals surface area (Å²) in [6.07, 6.45) is 1.89. The summed E-state index contributed by atoms with van der Waals surface area (Å²) >= 11 is 0. The number of aryl methyl sites for hydroxylation is 1. The SMILES string of the molecule is COC(=O)/C=C/c1cc(O)c2c(c1)[C@@H](C(=O)OC)[C@H](c1ccc(C)c(O)c1)O2. The summed E-state index contributed by atoms with van der Waals surface area (Å²) in [5.74, 6) is -1.87. The average molecular weight is 384 g/mol. The lowest BCUT2D eigenvalue weighted by Gasteiger charge is -2.18. The Morgan fingerprint density at radius 1 is 1.07 bits per heavy atom. The molecule has 0 aromatic heterocycles. The minimum Gasteiger partial charge on any atom is -0.508 e. The van der Waals surface area contributed by atoms with E-state index in [1.807, 2.05) is 0 Å². The molecular formula is C21H20O7. The number of ether oxygens (including phenoxy) is 3. The van der Waals surface area contributed by atoms with Gasteiger partial charge in [0.15, 0.2) is 11.5 Å². The van der Waals surface area contributed by atoms with Crippen molar-refractivity contribution in [3.63, 3.8) is 0 Å². The van der Waals surface area contributed by atoms with Crippen molar-refractivity contribution in [2.45, 2.75) is 18.9 Å². The lowest BCUT2D eigenvalue weighted by molar-refractivity contribution is -0.144. The fourth-order valence-electron chi connectivity index (χ4n) is 3.15. The zero-order chi connectivity index (χ0) is 20.4. The van der Waals surface area contributed by atoms with E-state index in [0.29, 0.717) is 22.3 Å². The van der Waals surface area contributed by atoms with Gasteiger partial charge in [0.25, 0.3) is 0 Å². The second-order valence-corrected chi connectivity index (χ2v) is 6.40. The summed E-state index contributed by atoms with van der Waals surface area (Å²) in [5.41, 5.74) is 2.18. The molecule has 2 aromatic rings. The molecule has 0 unspecified atom stereocenters. The molecular weight excluding hydrogens is 364 g/mol. The van der Waals surface area contributed by atoms with Crippen molar-refractivity contribution >= 4 is 18.0 Å². The van der Waals surface area contributed by atoms with Gasteiger partial charge in [0.1, 0.15) is 17.8 Å². The van der Waals surface area contributed by atoms with Crippen molar-refractivity contribution in [2.24, 2.45) is 0 Å². The summed E-state index contributed by atoms with van der Waals surface area (Å²) in [6, 6.07) is 8.05. The number of carbonyl (C=O) groups excluding carboxylic acids is 2. The van der Waals surface area contributed by atoms with Gasteiger partial charge < -0.3 is 24.4 Å². The first-order valence-corrected chi connectivity index (χ1v) is 8.52. The predicted octanol–water partition coefficient (Wildman–Crippen LogP) is 2.98. The number of carbonyl (C=O) groups is 2. The highest BCUT2D eigenvalue weighted by molar-refractivity contribution is 5.88. The van der Waals surface area contributed by atoms with Gasteiger partial charge in [-0.1, -0.05) is 12.1 Å². The Morgan fingerprint density at radius 3 is 2.46 bits per heavy atom. The molecule has 2 aromatic carbocycles. The van der Waals surface area contributed by atoms with Crippen LogP contribution in [-0.4, -0.2) is 36.4 Å². The molecule has 0 bridgehead atoms. The largest absolute Gasteiger partial charge is 0.508 e. The fourth-order valence-corrected chi connectivity index (χ4v) is 3.15. The van der Waals surface area contributed by atoms with Gasteiger partial charge in [-0.15, -0.1) is 0 Å². The molecule has 2 atom stereocenters. The molecule has 0 spiro atoms. The molecule has 146 valence electrons. The van der Waals surface area contributed by atoms with Gasteiger partial charge in [-0.05, 0) is 47.9 Å². The van der Waals surface area contributed by atoms with Gasteiger partial charge in [-0.25, -0.2) is 4.79 Å². The van der Waals surface area contributed by atoms with E-state index in [1.165, 1.54) is 38.5 Å². The molecule has 0 radical (unpaired) electrons. The number of hydrogen-bond acceptors (Lipinski definition) is 7. The summed E-state index contributed by atoms with van der Waals surface area (Å²) in [4.78, 5) is 23.8. The molecule has 28 heavy (non-hydrogen) atoms. The van der Waals surface area contributed by atoms with E-state index < -0.39 is 24.0 Å². The molecule has 0 fully saturated rings. The van der Waals surface area contributed by atoms with Crippen LogP contribution in [0.25, 0.3) is 6.08 Å². The molecule has 1 aliphatic rings. The maximum Gasteiger partial charge on any atom is 0.330 e. The molecule has 0 saturated heterocycles. The van der Waals surface area contributed by atoms with Crippen LogP contribution in [0.5, 0.6) is 17.2 Å². The highest BCUT2D eigenvalue weighted by atomic mass is 16.5. The van der Waals surface area contributed by atoms with Crippen molar-refractivity contribution < 1.29 is 34.0 Å². The van der Waals surface area contributed by atoms with E-state index in [1.54, 1.807) is 25.1 Å². The van der Waals surface area contributed by atoms with Crippen molar-refractivity contribution in [3.05, 3.63) is 58.7 Å². The average Bonchev–Trinajstić information content (AvgIpc) is 3.07. The standard InChI is InChI=1S/C21H20O7/c1-11-4-6-13(10-15(11)22)19-18(21(25)27-3)14-8-12(5-7-17(24)26-2)9-16(23)20(14)28-19/h4-10,18-19,22-23H,1-3H3/b7-5+/t18-,19+/m1/s1. The van der Waals surface area contributed by atoms with Gasteiger partial charge in [-0.2, -0.15) is 0 Å². The van der Waals surface area contributed by atoms with Crippen LogP contribution in [0.3, 0.4) is 0 Å². The first-order valence-electron chi connectivity index (χ1n) is 8.52. The minimum absolute atomic E-state index is 0.0756. The third-order valence-corrected chi connectivity index (χ3v) is 4.63. The van der Waals surface area contributed by atoms with Gasteiger partial charge in [0.05, 0.1) is 14.2 Å². The quantitative estimate of drug-likeness (QED) is 0.617. The van der Waals surface area contributed by atoms with E-state index in [-0.39, 0.29) is 17.2 Å². The summed E-state index contributed by atoms with van der Waals surface area (Å²) in [6.45, 7) is 1.76. The number of phenols is 2. The van der Waals surface area contributed by atoms with E-state index in [9.17, 15) is 19.8 Å². The number of hydrogen-bond donors (Lipinski definition) is 2. The molecule has 2 N–H and O–H groups in total. The van der Waals surface area contributed by atoms with Crippen LogP contribution >= 0.6 is 0 Å². The number of methoxy groups -OCH3 is 2. The first-order chi connectivity index (χ1) is 13.3. The number of phenolic OH excluding ortho intramolecular Hbond substituents is 2. The van der Waals surface area contributed by atoms with E-state index in [4.69, 9.17) is 9.47 Å².